The molecule has 1 aliphatic rings. The van der Waals surface area contributed by atoms with E-state index >= 15 is 0 Å². The summed E-state index contributed by atoms with van der Waals surface area (Å²) in [4.78, 5) is 0. The van der Waals surface area contributed by atoms with Crippen LogP contribution in [0.4, 0.5) is 0 Å². The van der Waals surface area contributed by atoms with E-state index in [0.717, 1.165) is 25.9 Å². The lowest BCUT2D eigenvalue weighted by Crippen LogP contribution is -2.21. The molecule has 0 radical (unpaired) electrons. The van der Waals surface area contributed by atoms with E-state index < -0.39 is 0 Å². The molecule has 0 fully saturated rings. The maximum atomic E-state index is 8.83. The van der Waals surface area contributed by atoms with Gasteiger partial charge in [0, 0.05) is 31.6 Å². The van der Waals surface area contributed by atoms with Crippen molar-refractivity contribution < 1.29 is 5.11 Å². The first-order chi connectivity index (χ1) is 9.85. The lowest BCUT2D eigenvalue weighted by molar-refractivity contribution is 0.282. The predicted molar refractivity (Wildman–Crippen MR) is 84.0 cm³/mol. The Kier molecular flexibility index (Phi) is 6.61. The van der Waals surface area contributed by atoms with Crippen molar-refractivity contribution >= 4 is 0 Å². The van der Waals surface area contributed by atoms with Gasteiger partial charge in [-0.1, -0.05) is 13.3 Å². The lowest BCUT2D eigenvalue weighted by Gasteiger charge is -2.16. The highest BCUT2D eigenvalue weighted by Gasteiger charge is 2.19. The molecule has 1 aromatic heterocycles. The van der Waals surface area contributed by atoms with Crippen LogP contribution in [0.2, 0.25) is 0 Å². The van der Waals surface area contributed by atoms with Crippen LogP contribution in [-0.2, 0) is 13.0 Å². The summed E-state index contributed by atoms with van der Waals surface area (Å²) >= 11 is 0. The van der Waals surface area contributed by atoms with Crippen molar-refractivity contribution in [2.24, 2.45) is 0 Å². The second-order valence-electron chi connectivity index (χ2n) is 6.01. The number of hydrogen-bond donors (Lipinski definition) is 2. The second kappa shape index (κ2) is 8.48. The van der Waals surface area contributed by atoms with Crippen LogP contribution >= 0.6 is 0 Å². The first-order valence-electron chi connectivity index (χ1n) is 8.38. The molecule has 0 bridgehead atoms. The van der Waals surface area contributed by atoms with E-state index in [1.54, 1.807) is 5.56 Å². The standard InChI is InChI=1S/C17H30N2O/c1-2-10-18-17-9-5-4-8-15-13-19(14-16(15)17)11-6-3-7-12-20/h13-14,17-18,20H,2-12H2,1H3. The number of rotatable bonds is 8. The van der Waals surface area contributed by atoms with Gasteiger partial charge in [-0.2, -0.15) is 0 Å². The minimum atomic E-state index is 0.325. The third-order valence-electron chi connectivity index (χ3n) is 4.28. The molecule has 3 heteroatoms. The van der Waals surface area contributed by atoms with Gasteiger partial charge in [-0.15, -0.1) is 0 Å². The van der Waals surface area contributed by atoms with E-state index in [2.05, 4.69) is 29.2 Å². The monoisotopic (exact) mass is 278 g/mol. The topological polar surface area (TPSA) is 37.2 Å². The van der Waals surface area contributed by atoms with E-state index in [1.807, 2.05) is 0 Å². The fourth-order valence-corrected chi connectivity index (χ4v) is 3.16. The molecule has 0 saturated carbocycles. The third kappa shape index (κ3) is 4.35. The number of nitrogens with zero attached hydrogens (tertiary/aromatic N) is 1. The summed E-state index contributed by atoms with van der Waals surface area (Å²) in [5.41, 5.74) is 3.09. The molecule has 0 aliphatic heterocycles. The molecular weight excluding hydrogens is 248 g/mol. The van der Waals surface area contributed by atoms with Crippen molar-refractivity contribution in [2.45, 2.75) is 70.9 Å². The maximum Gasteiger partial charge on any atom is 0.0431 e. The molecule has 1 aromatic rings. The zero-order valence-electron chi connectivity index (χ0n) is 12.9. The average molecular weight is 278 g/mol. The molecule has 1 aliphatic carbocycles. The molecule has 114 valence electrons. The molecule has 2 rings (SSSR count). The van der Waals surface area contributed by atoms with Crippen LogP contribution < -0.4 is 5.32 Å². The van der Waals surface area contributed by atoms with Crippen LogP contribution in [0.15, 0.2) is 12.4 Å². The highest BCUT2D eigenvalue weighted by Crippen LogP contribution is 2.29. The van der Waals surface area contributed by atoms with E-state index in [-0.39, 0.29) is 0 Å². The molecule has 2 N–H and O–H groups in total. The predicted octanol–water partition coefficient (Wildman–Crippen LogP) is 3.42. The average Bonchev–Trinajstić information content (AvgIpc) is 2.77. The van der Waals surface area contributed by atoms with E-state index in [0.29, 0.717) is 12.6 Å². The number of aliphatic hydroxyl groups excluding tert-OH is 1. The van der Waals surface area contributed by atoms with Crippen molar-refractivity contribution in [3.63, 3.8) is 0 Å². The molecule has 20 heavy (non-hydrogen) atoms. The smallest absolute Gasteiger partial charge is 0.0431 e. The quantitative estimate of drug-likeness (QED) is 0.565. The number of fused-ring (bicyclic) bond motifs is 1. The van der Waals surface area contributed by atoms with Gasteiger partial charge < -0.3 is 15.0 Å². The largest absolute Gasteiger partial charge is 0.396 e. The molecule has 0 amide bonds. The summed E-state index contributed by atoms with van der Waals surface area (Å²) < 4.78 is 2.37. The summed E-state index contributed by atoms with van der Waals surface area (Å²) in [5, 5.41) is 12.5. The van der Waals surface area contributed by atoms with E-state index in [1.165, 1.54) is 44.1 Å². The molecule has 1 atom stereocenters. The van der Waals surface area contributed by atoms with E-state index in [4.69, 9.17) is 5.11 Å². The third-order valence-corrected chi connectivity index (χ3v) is 4.28. The van der Waals surface area contributed by atoms with Crippen molar-refractivity contribution in [3.05, 3.63) is 23.5 Å². The Morgan fingerprint density at radius 2 is 2.15 bits per heavy atom. The van der Waals surface area contributed by atoms with Crippen LogP contribution in [0.1, 0.15) is 69.0 Å². The van der Waals surface area contributed by atoms with Crippen molar-refractivity contribution in [2.75, 3.05) is 13.2 Å². The maximum absolute atomic E-state index is 8.83. The van der Waals surface area contributed by atoms with Crippen LogP contribution in [0, 0.1) is 0 Å². The Morgan fingerprint density at radius 1 is 1.25 bits per heavy atom. The van der Waals surface area contributed by atoms with Crippen LogP contribution in [-0.4, -0.2) is 22.8 Å². The number of hydrogen-bond acceptors (Lipinski definition) is 2. The van der Waals surface area contributed by atoms with Crippen molar-refractivity contribution in [3.8, 4) is 0 Å². The van der Waals surface area contributed by atoms with Gasteiger partial charge >= 0.3 is 0 Å². The number of unbranched alkanes of at least 4 members (excludes halogenated alkanes) is 2. The summed E-state index contributed by atoms with van der Waals surface area (Å²) in [7, 11) is 0. The first kappa shape index (κ1) is 15.6. The second-order valence-corrected chi connectivity index (χ2v) is 6.01. The molecule has 1 heterocycles. The Bertz CT molecular complexity index is 386. The van der Waals surface area contributed by atoms with Gasteiger partial charge in [-0.05, 0) is 62.6 Å². The number of nitrogens with one attached hydrogen (secondary N) is 1. The Labute approximate surface area is 123 Å². The normalized spacial score (nSPS) is 18.8. The lowest BCUT2D eigenvalue weighted by atomic mass is 10.0. The molecule has 0 saturated heterocycles. The van der Waals surface area contributed by atoms with Crippen molar-refractivity contribution in [1.82, 2.24) is 9.88 Å². The summed E-state index contributed by atoms with van der Waals surface area (Å²) in [6.45, 7) is 4.77. The molecule has 0 spiro atoms. The zero-order valence-corrected chi connectivity index (χ0v) is 12.9. The van der Waals surface area contributed by atoms with Crippen LogP contribution in [0.5, 0.6) is 0 Å². The van der Waals surface area contributed by atoms with Gasteiger partial charge in [0.2, 0.25) is 0 Å². The van der Waals surface area contributed by atoms with Gasteiger partial charge in [-0.25, -0.2) is 0 Å². The molecule has 3 nitrogen and oxygen atoms in total. The zero-order chi connectivity index (χ0) is 14.2. The van der Waals surface area contributed by atoms with Gasteiger partial charge in [0.15, 0.2) is 0 Å². The minimum absolute atomic E-state index is 0.325. The number of aryl methyl sites for hydroxylation is 2. The highest BCUT2D eigenvalue weighted by molar-refractivity contribution is 5.29. The van der Waals surface area contributed by atoms with Gasteiger partial charge in [0.05, 0.1) is 0 Å². The fourth-order valence-electron chi connectivity index (χ4n) is 3.16. The summed E-state index contributed by atoms with van der Waals surface area (Å²) in [6, 6.07) is 0.561. The van der Waals surface area contributed by atoms with Crippen molar-refractivity contribution in [1.29, 1.82) is 0 Å². The SMILES string of the molecule is CCCNC1CCCCc2cn(CCCCCO)cc21. The Hall–Kier alpha value is -0.800. The van der Waals surface area contributed by atoms with Crippen LogP contribution in [0.3, 0.4) is 0 Å². The number of aromatic nitrogens is 1. The first-order valence-corrected chi connectivity index (χ1v) is 8.38. The Balaban J connectivity index is 1.97. The van der Waals surface area contributed by atoms with Gasteiger partial charge in [0.25, 0.3) is 0 Å². The minimum Gasteiger partial charge on any atom is -0.396 e. The highest BCUT2D eigenvalue weighted by atomic mass is 16.2. The van der Waals surface area contributed by atoms with E-state index in [9.17, 15) is 0 Å². The number of aliphatic hydroxyl groups is 1. The van der Waals surface area contributed by atoms with Gasteiger partial charge in [0.1, 0.15) is 0 Å². The fraction of sp³-hybridized carbons (Fsp3) is 0.765. The summed E-state index contributed by atoms with van der Waals surface area (Å²) in [6.07, 6.45) is 14.3. The summed E-state index contributed by atoms with van der Waals surface area (Å²) in [5.74, 6) is 0. The Morgan fingerprint density at radius 3 is 2.95 bits per heavy atom. The molecular formula is C17H30N2O. The molecule has 0 aromatic carbocycles. The van der Waals surface area contributed by atoms with Crippen LogP contribution in [0.25, 0.3) is 0 Å². The molecule has 1 unspecified atom stereocenters. The van der Waals surface area contributed by atoms with Gasteiger partial charge in [-0.3, -0.25) is 0 Å².